The molecule has 184 valence electrons. The predicted octanol–water partition coefficient (Wildman–Crippen LogP) is 4.65. The minimum Gasteiger partial charge on any atom is -0.469 e. The molecule has 1 aliphatic heterocycles. The third-order valence-corrected chi connectivity index (χ3v) is 6.55. The van der Waals surface area contributed by atoms with E-state index in [2.05, 4.69) is 25.4 Å². The molecule has 2 aromatic rings. The average Bonchev–Trinajstić information content (AvgIpc) is 3.03. The standard InChI is InChI=1S/C16H23BO4.C10H11BrO2/c1-15(2)16(3,4)21-17(20-15)13-8-6-7-12(11-13)9-10-14(18)19-5;1-13-10(12)6-5-8-3-2-4-9(11)7-8/h6-8,11H,9-10H2,1-5H3;2-4,7H,5-6H2,1H3. The third-order valence-electron chi connectivity index (χ3n) is 6.06. The van der Waals surface area contributed by atoms with Crippen LogP contribution in [-0.4, -0.2) is 44.5 Å². The number of carbonyl (C=O) groups excluding carboxylic acids is 2. The lowest BCUT2D eigenvalue weighted by Crippen LogP contribution is -2.41. The maximum Gasteiger partial charge on any atom is 0.494 e. The normalized spacial score (nSPS) is 15.8. The first-order chi connectivity index (χ1) is 16.0. The van der Waals surface area contributed by atoms with Crippen LogP contribution in [-0.2, 0) is 41.2 Å². The first kappa shape index (κ1) is 28.1. The van der Waals surface area contributed by atoms with E-state index in [1.165, 1.54) is 14.2 Å². The number of ether oxygens (including phenoxy) is 2. The Bertz CT molecular complexity index is 959. The molecule has 3 rings (SSSR count). The Morgan fingerprint density at radius 2 is 1.29 bits per heavy atom. The number of hydrogen-bond acceptors (Lipinski definition) is 6. The van der Waals surface area contributed by atoms with Crippen LogP contribution in [0.3, 0.4) is 0 Å². The highest BCUT2D eigenvalue weighted by Gasteiger charge is 2.51. The van der Waals surface area contributed by atoms with Gasteiger partial charge in [-0.15, -0.1) is 0 Å². The van der Waals surface area contributed by atoms with Crippen molar-refractivity contribution in [3.8, 4) is 0 Å². The number of rotatable bonds is 7. The second kappa shape index (κ2) is 12.5. The largest absolute Gasteiger partial charge is 0.494 e. The molecule has 6 nitrogen and oxygen atoms in total. The molecule has 1 aliphatic rings. The van der Waals surface area contributed by atoms with Crippen LogP contribution in [0.25, 0.3) is 0 Å². The number of methoxy groups -OCH3 is 2. The van der Waals surface area contributed by atoms with E-state index in [0.717, 1.165) is 27.5 Å². The summed E-state index contributed by atoms with van der Waals surface area (Å²) in [5.74, 6) is -0.365. The summed E-state index contributed by atoms with van der Waals surface area (Å²) in [4.78, 5) is 22.1. The molecular weight excluding hydrogens is 499 g/mol. The van der Waals surface area contributed by atoms with E-state index in [-0.39, 0.29) is 30.3 Å². The summed E-state index contributed by atoms with van der Waals surface area (Å²) in [7, 11) is 2.44. The van der Waals surface area contributed by atoms with E-state index in [1.54, 1.807) is 0 Å². The van der Waals surface area contributed by atoms with Gasteiger partial charge in [0.2, 0.25) is 0 Å². The van der Waals surface area contributed by atoms with Crippen molar-refractivity contribution in [3.63, 3.8) is 0 Å². The fourth-order valence-corrected chi connectivity index (χ4v) is 3.71. The molecule has 0 bridgehead atoms. The van der Waals surface area contributed by atoms with E-state index in [9.17, 15) is 9.59 Å². The molecule has 1 heterocycles. The zero-order valence-corrected chi connectivity index (χ0v) is 22.4. The second-order valence-electron chi connectivity index (χ2n) is 9.12. The van der Waals surface area contributed by atoms with Gasteiger partial charge in [0.05, 0.1) is 25.4 Å². The number of halogens is 1. The van der Waals surface area contributed by atoms with E-state index in [1.807, 2.05) is 76.2 Å². The van der Waals surface area contributed by atoms with Crippen molar-refractivity contribution in [2.45, 2.75) is 64.6 Å². The lowest BCUT2D eigenvalue weighted by Gasteiger charge is -2.32. The van der Waals surface area contributed by atoms with Gasteiger partial charge in [0.15, 0.2) is 0 Å². The predicted molar refractivity (Wildman–Crippen MR) is 137 cm³/mol. The zero-order valence-electron chi connectivity index (χ0n) is 20.9. The van der Waals surface area contributed by atoms with E-state index < -0.39 is 0 Å². The van der Waals surface area contributed by atoms with Gasteiger partial charge in [0, 0.05) is 17.3 Å². The summed E-state index contributed by atoms with van der Waals surface area (Å²) in [5, 5.41) is 0. The van der Waals surface area contributed by atoms with E-state index >= 15 is 0 Å². The van der Waals surface area contributed by atoms with Crippen molar-refractivity contribution in [2.75, 3.05) is 14.2 Å². The first-order valence-corrected chi connectivity index (χ1v) is 12.1. The summed E-state index contributed by atoms with van der Waals surface area (Å²) >= 11 is 3.37. The maximum absolute atomic E-state index is 11.2. The van der Waals surface area contributed by atoms with Crippen LogP contribution in [0.5, 0.6) is 0 Å². The molecule has 0 spiro atoms. The van der Waals surface area contributed by atoms with Crippen molar-refractivity contribution >= 4 is 40.4 Å². The molecule has 0 unspecified atom stereocenters. The number of benzene rings is 2. The smallest absolute Gasteiger partial charge is 0.469 e. The Morgan fingerprint density at radius 1 is 0.824 bits per heavy atom. The minimum atomic E-state index is -0.368. The van der Waals surface area contributed by atoms with Gasteiger partial charge >= 0.3 is 19.1 Å². The Labute approximate surface area is 211 Å². The molecule has 1 fully saturated rings. The summed E-state index contributed by atoms with van der Waals surface area (Å²) < 4.78 is 22.3. The van der Waals surface area contributed by atoms with Crippen LogP contribution in [0.1, 0.15) is 51.7 Å². The Morgan fingerprint density at radius 3 is 1.76 bits per heavy atom. The van der Waals surface area contributed by atoms with Crippen LogP contribution < -0.4 is 5.46 Å². The van der Waals surface area contributed by atoms with Gasteiger partial charge in [-0.2, -0.15) is 0 Å². The fourth-order valence-electron chi connectivity index (χ4n) is 3.26. The quantitative estimate of drug-likeness (QED) is 0.382. The van der Waals surface area contributed by atoms with Gasteiger partial charge in [-0.25, -0.2) is 0 Å². The fraction of sp³-hybridized carbons (Fsp3) is 0.462. The first-order valence-electron chi connectivity index (χ1n) is 11.3. The lowest BCUT2D eigenvalue weighted by molar-refractivity contribution is -0.141. The van der Waals surface area contributed by atoms with Crippen LogP contribution in [0.15, 0.2) is 53.0 Å². The zero-order chi connectivity index (χ0) is 25.4. The molecular formula is C26H34BBrO6. The number of aryl methyl sites for hydroxylation is 2. The Kier molecular flexibility index (Phi) is 10.3. The van der Waals surface area contributed by atoms with E-state index in [4.69, 9.17) is 9.31 Å². The van der Waals surface area contributed by atoms with Gasteiger partial charge in [0.25, 0.3) is 0 Å². The van der Waals surface area contributed by atoms with Gasteiger partial charge < -0.3 is 18.8 Å². The van der Waals surface area contributed by atoms with Crippen LogP contribution in [0.2, 0.25) is 0 Å². The molecule has 0 N–H and O–H groups in total. The number of esters is 2. The van der Waals surface area contributed by atoms with Crippen molar-refractivity contribution in [3.05, 3.63) is 64.1 Å². The Hall–Kier alpha value is -2.16. The molecule has 0 atom stereocenters. The summed E-state index contributed by atoms with van der Waals surface area (Å²) in [5.41, 5.74) is 2.50. The van der Waals surface area contributed by atoms with Gasteiger partial charge in [-0.1, -0.05) is 52.3 Å². The number of carbonyl (C=O) groups is 2. The average molecular weight is 533 g/mol. The molecule has 1 saturated heterocycles. The molecule has 34 heavy (non-hydrogen) atoms. The van der Waals surface area contributed by atoms with Crippen molar-refractivity contribution in [1.82, 2.24) is 0 Å². The van der Waals surface area contributed by atoms with Crippen LogP contribution >= 0.6 is 15.9 Å². The van der Waals surface area contributed by atoms with Crippen LogP contribution in [0.4, 0.5) is 0 Å². The van der Waals surface area contributed by atoms with Gasteiger partial charge in [-0.05, 0) is 69.3 Å². The van der Waals surface area contributed by atoms with Crippen LogP contribution in [0, 0.1) is 0 Å². The van der Waals surface area contributed by atoms with Crippen molar-refractivity contribution < 1.29 is 28.4 Å². The maximum atomic E-state index is 11.2. The molecule has 0 radical (unpaired) electrons. The molecule has 0 amide bonds. The lowest BCUT2D eigenvalue weighted by atomic mass is 9.78. The van der Waals surface area contributed by atoms with Gasteiger partial charge in [-0.3, -0.25) is 9.59 Å². The van der Waals surface area contributed by atoms with Crippen molar-refractivity contribution in [1.29, 1.82) is 0 Å². The van der Waals surface area contributed by atoms with Gasteiger partial charge in [0.1, 0.15) is 0 Å². The monoisotopic (exact) mass is 532 g/mol. The summed E-state index contributed by atoms with van der Waals surface area (Å²) in [6.07, 6.45) is 2.20. The highest BCUT2D eigenvalue weighted by atomic mass is 79.9. The summed E-state index contributed by atoms with van der Waals surface area (Å²) in [6, 6.07) is 15.9. The second-order valence-corrected chi connectivity index (χ2v) is 10.0. The molecule has 8 heteroatoms. The van der Waals surface area contributed by atoms with E-state index in [0.29, 0.717) is 19.3 Å². The SMILES string of the molecule is COC(=O)CCc1cccc(B2OC(C)(C)C(C)(C)O2)c1.COC(=O)CCc1cccc(Br)c1. The molecule has 0 saturated carbocycles. The van der Waals surface area contributed by atoms with Crippen molar-refractivity contribution in [2.24, 2.45) is 0 Å². The highest BCUT2D eigenvalue weighted by Crippen LogP contribution is 2.36. The number of hydrogen-bond donors (Lipinski definition) is 0. The molecule has 2 aromatic carbocycles. The third kappa shape index (κ3) is 8.26. The molecule has 0 aliphatic carbocycles. The topological polar surface area (TPSA) is 71.1 Å². The highest BCUT2D eigenvalue weighted by molar-refractivity contribution is 9.10. The minimum absolute atomic E-state index is 0.167. The summed E-state index contributed by atoms with van der Waals surface area (Å²) in [6.45, 7) is 8.14. The molecule has 0 aromatic heterocycles. The Balaban J connectivity index is 0.000000270.